The van der Waals surface area contributed by atoms with Crippen LogP contribution in [0.4, 0.5) is 5.69 Å². The van der Waals surface area contributed by atoms with Crippen LogP contribution in [0.1, 0.15) is 20.8 Å². The summed E-state index contributed by atoms with van der Waals surface area (Å²) in [5.74, 6) is -0.198. The standard InChI is InChI=1S/C18H15ClN2OS/c1-11-8-9-14(10-12(11)2)20-17(22)16-15(21-18(19)23-16)13-6-4-3-5-7-13/h3-10H,1-2H3,(H,20,22). The van der Waals surface area contributed by atoms with E-state index in [1.54, 1.807) is 0 Å². The highest BCUT2D eigenvalue weighted by molar-refractivity contribution is 7.18. The van der Waals surface area contributed by atoms with E-state index in [0.717, 1.165) is 16.8 Å². The molecule has 116 valence electrons. The molecule has 2 aromatic carbocycles. The van der Waals surface area contributed by atoms with Gasteiger partial charge >= 0.3 is 0 Å². The van der Waals surface area contributed by atoms with Gasteiger partial charge in [-0.1, -0.05) is 59.3 Å². The number of amides is 1. The Morgan fingerprint density at radius 1 is 1.09 bits per heavy atom. The Kier molecular flexibility index (Phi) is 4.46. The highest BCUT2D eigenvalue weighted by atomic mass is 35.5. The van der Waals surface area contributed by atoms with Crippen molar-refractivity contribution in [2.75, 3.05) is 5.32 Å². The third-order valence-corrected chi connectivity index (χ3v) is 4.78. The third kappa shape index (κ3) is 3.44. The van der Waals surface area contributed by atoms with Gasteiger partial charge in [0.15, 0.2) is 4.47 Å². The van der Waals surface area contributed by atoms with E-state index < -0.39 is 0 Å². The van der Waals surface area contributed by atoms with Gasteiger partial charge in [0, 0.05) is 11.3 Å². The molecule has 23 heavy (non-hydrogen) atoms. The van der Waals surface area contributed by atoms with Crippen molar-refractivity contribution >= 4 is 34.5 Å². The van der Waals surface area contributed by atoms with E-state index in [1.165, 1.54) is 16.9 Å². The predicted octanol–water partition coefficient (Wildman–Crippen LogP) is 5.33. The Bertz CT molecular complexity index is 859. The maximum absolute atomic E-state index is 12.6. The minimum atomic E-state index is -0.198. The number of thiazole rings is 1. The van der Waals surface area contributed by atoms with Crippen LogP contribution in [-0.2, 0) is 0 Å². The van der Waals surface area contributed by atoms with Gasteiger partial charge in [-0.2, -0.15) is 0 Å². The Labute approximate surface area is 144 Å². The fourth-order valence-electron chi connectivity index (χ4n) is 2.25. The van der Waals surface area contributed by atoms with Gasteiger partial charge in [0.1, 0.15) is 4.88 Å². The minimum Gasteiger partial charge on any atom is -0.321 e. The molecule has 1 N–H and O–H groups in total. The Morgan fingerprint density at radius 3 is 2.52 bits per heavy atom. The number of nitrogens with one attached hydrogen (secondary N) is 1. The molecule has 0 atom stereocenters. The van der Waals surface area contributed by atoms with Crippen molar-refractivity contribution in [3.63, 3.8) is 0 Å². The summed E-state index contributed by atoms with van der Waals surface area (Å²) in [6.45, 7) is 4.06. The smallest absolute Gasteiger partial charge is 0.268 e. The van der Waals surface area contributed by atoms with Gasteiger partial charge in [0.25, 0.3) is 5.91 Å². The van der Waals surface area contributed by atoms with Crippen LogP contribution in [0, 0.1) is 13.8 Å². The highest BCUT2D eigenvalue weighted by Gasteiger charge is 2.19. The van der Waals surface area contributed by atoms with Crippen LogP contribution < -0.4 is 5.32 Å². The molecule has 0 unspecified atom stereocenters. The van der Waals surface area contributed by atoms with Gasteiger partial charge in [-0.25, -0.2) is 4.98 Å². The van der Waals surface area contributed by atoms with Gasteiger partial charge in [-0.05, 0) is 37.1 Å². The lowest BCUT2D eigenvalue weighted by atomic mass is 10.1. The third-order valence-electron chi connectivity index (χ3n) is 3.62. The molecule has 1 aromatic heterocycles. The first-order chi connectivity index (χ1) is 11.0. The maximum Gasteiger partial charge on any atom is 0.268 e. The maximum atomic E-state index is 12.6. The molecule has 1 amide bonds. The molecule has 0 fully saturated rings. The van der Waals surface area contributed by atoms with Gasteiger partial charge in [-0.15, -0.1) is 0 Å². The largest absolute Gasteiger partial charge is 0.321 e. The molecular weight excluding hydrogens is 328 g/mol. The zero-order chi connectivity index (χ0) is 16.4. The number of benzene rings is 2. The zero-order valence-corrected chi connectivity index (χ0v) is 14.3. The first kappa shape index (κ1) is 15.7. The topological polar surface area (TPSA) is 42.0 Å². The first-order valence-corrected chi connectivity index (χ1v) is 8.34. The number of hydrogen-bond acceptors (Lipinski definition) is 3. The van der Waals surface area contributed by atoms with Crippen LogP contribution in [0.15, 0.2) is 48.5 Å². The van der Waals surface area contributed by atoms with E-state index in [2.05, 4.69) is 10.3 Å². The Hall–Kier alpha value is -2.17. The van der Waals surface area contributed by atoms with E-state index in [1.807, 2.05) is 62.4 Å². The van der Waals surface area contributed by atoms with E-state index in [0.29, 0.717) is 15.0 Å². The summed E-state index contributed by atoms with van der Waals surface area (Å²) >= 11 is 7.22. The number of rotatable bonds is 3. The molecular formula is C18H15ClN2OS. The molecule has 0 aliphatic rings. The van der Waals surface area contributed by atoms with Crippen LogP contribution in [0.2, 0.25) is 4.47 Å². The number of hydrogen-bond donors (Lipinski definition) is 1. The minimum absolute atomic E-state index is 0.198. The van der Waals surface area contributed by atoms with Gasteiger partial charge < -0.3 is 5.32 Å². The van der Waals surface area contributed by atoms with Crippen LogP contribution in [0.5, 0.6) is 0 Å². The molecule has 0 spiro atoms. The van der Waals surface area contributed by atoms with E-state index >= 15 is 0 Å². The number of carbonyl (C=O) groups is 1. The number of aryl methyl sites for hydroxylation is 2. The molecule has 3 rings (SSSR count). The number of carbonyl (C=O) groups excluding carboxylic acids is 1. The lowest BCUT2D eigenvalue weighted by Crippen LogP contribution is -2.11. The molecule has 1 heterocycles. The molecule has 0 aliphatic carbocycles. The second kappa shape index (κ2) is 6.52. The summed E-state index contributed by atoms with van der Waals surface area (Å²) in [6.07, 6.45) is 0. The van der Waals surface area contributed by atoms with Crippen molar-refractivity contribution in [3.05, 3.63) is 69.0 Å². The fourth-order valence-corrected chi connectivity index (χ4v) is 3.27. The summed E-state index contributed by atoms with van der Waals surface area (Å²) < 4.78 is 0.356. The first-order valence-electron chi connectivity index (χ1n) is 7.15. The van der Waals surface area contributed by atoms with Crippen LogP contribution in [0.3, 0.4) is 0 Å². The number of halogens is 1. The average molecular weight is 343 g/mol. The van der Waals surface area contributed by atoms with Gasteiger partial charge in [0.05, 0.1) is 5.69 Å². The molecule has 3 nitrogen and oxygen atoms in total. The molecule has 3 aromatic rings. The van der Waals surface area contributed by atoms with Crippen molar-refractivity contribution < 1.29 is 4.79 Å². The monoisotopic (exact) mass is 342 g/mol. The summed E-state index contributed by atoms with van der Waals surface area (Å²) in [6, 6.07) is 15.4. The fraction of sp³-hybridized carbons (Fsp3) is 0.111. The van der Waals surface area contributed by atoms with Crippen molar-refractivity contribution in [2.24, 2.45) is 0 Å². The van der Waals surface area contributed by atoms with Gasteiger partial charge in [0.2, 0.25) is 0 Å². The summed E-state index contributed by atoms with van der Waals surface area (Å²) in [7, 11) is 0. The van der Waals surface area contributed by atoms with Crippen molar-refractivity contribution in [2.45, 2.75) is 13.8 Å². The lowest BCUT2D eigenvalue weighted by molar-refractivity contribution is 0.103. The van der Waals surface area contributed by atoms with Crippen LogP contribution in [0.25, 0.3) is 11.3 Å². The molecule has 0 saturated carbocycles. The van der Waals surface area contributed by atoms with E-state index in [9.17, 15) is 4.79 Å². The summed E-state index contributed by atoms with van der Waals surface area (Å²) in [4.78, 5) is 17.4. The van der Waals surface area contributed by atoms with Crippen LogP contribution in [-0.4, -0.2) is 10.9 Å². The summed E-state index contributed by atoms with van der Waals surface area (Å²) in [5.41, 5.74) is 4.58. The predicted molar refractivity (Wildman–Crippen MR) is 96.4 cm³/mol. The summed E-state index contributed by atoms with van der Waals surface area (Å²) in [5, 5.41) is 2.92. The average Bonchev–Trinajstić information content (AvgIpc) is 2.94. The van der Waals surface area contributed by atoms with E-state index in [4.69, 9.17) is 11.6 Å². The van der Waals surface area contributed by atoms with Crippen molar-refractivity contribution in [1.29, 1.82) is 0 Å². The normalized spacial score (nSPS) is 10.6. The second-order valence-electron chi connectivity index (χ2n) is 5.26. The lowest BCUT2D eigenvalue weighted by Gasteiger charge is -2.07. The van der Waals surface area contributed by atoms with Gasteiger partial charge in [-0.3, -0.25) is 4.79 Å². The second-order valence-corrected chi connectivity index (χ2v) is 6.84. The van der Waals surface area contributed by atoms with Crippen LogP contribution >= 0.6 is 22.9 Å². The Morgan fingerprint density at radius 2 is 1.83 bits per heavy atom. The molecule has 0 bridgehead atoms. The highest BCUT2D eigenvalue weighted by Crippen LogP contribution is 2.31. The van der Waals surface area contributed by atoms with Crippen molar-refractivity contribution in [1.82, 2.24) is 4.98 Å². The Balaban J connectivity index is 1.92. The molecule has 0 radical (unpaired) electrons. The number of nitrogens with zero attached hydrogens (tertiary/aromatic N) is 1. The molecule has 0 saturated heterocycles. The molecule has 0 aliphatic heterocycles. The van der Waals surface area contributed by atoms with Crippen molar-refractivity contribution in [3.8, 4) is 11.3 Å². The SMILES string of the molecule is Cc1ccc(NC(=O)c2sc(Cl)nc2-c2ccccc2)cc1C. The quantitative estimate of drug-likeness (QED) is 0.698. The molecule has 5 heteroatoms. The zero-order valence-electron chi connectivity index (χ0n) is 12.8. The number of aromatic nitrogens is 1. The van der Waals surface area contributed by atoms with E-state index in [-0.39, 0.29) is 5.91 Å². The number of anilines is 1.